The van der Waals surface area contributed by atoms with Crippen LogP contribution in [0, 0.1) is 0 Å². The van der Waals surface area contributed by atoms with Crippen molar-refractivity contribution in [1.82, 2.24) is 20.4 Å². The molecular weight excluding hydrogens is 248 g/mol. The van der Waals surface area contributed by atoms with Gasteiger partial charge in [0.05, 0.1) is 26.4 Å². The lowest BCUT2D eigenvalue weighted by Crippen LogP contribution is -2.27. The maximum absolute atomic E-state index is 5.55. The Bertz CT molecular complexity index is 384. The van der Waals surface area contributed by atoms with Gasteiger partial charge in [0.1, 0.15) is 6.10 Å². The van der Waals surface area contributed by atoms with Crippen LogP contribution < -0.4 is 5.32 Å². The zero-order valence-electron chi connectivity index (χ0n) is 11.0. The SMILES string of the molecule is C1CNCCN(Cc2nc(C3COCCO3)no2)C1. The number of nitrogens with one attached hydrogen (secondary N) is 1. The lowest BCUT2D eigenvalue weighted by atomic mass is 10.3. The van der Waals surface area contributed by atoms with Crippen LogP contribution in [0.1, 0.15) is 24.2 Å². The van der Waals surface area contributed by atoms with Crippen molar-refractivity contribution in [2.45, 2.75) is 19.1 Å². The fourth-order valence-electron chi connectivity index (χ4n) is 2.35. The maximum Gasteiger partial charge on any atom is 0.240 e. The van der Waals surface area contributed by atoms with Gasteiger partial charge in [0, 0.05) is 13.1 Å². The van der Waals surface area contributed by atoms with Gasteiger partial charge in [0.15, 0.2) is 0 Å². The van der Waals surface area contributed by atoms with Crippen molar-refractivity contribution in [3.63, 3.8) is 0 Å². The summed E-state index contributed by atoms with van der Waals surface area (Å²) in [6, 6.07) is 0. The number of hydrogen-bond acceptors (Lipinski definition) is 7. The lowest BCUT2D eigenvalue weighted by Gasteiger charge is -2.19. The van der Waals surface area contributed by atoms with Crippen molar-refractivity contribution in [3.05, 3.63) is 11.7 Å². The molecule has 1 unspecified atom stereocenters. The molecule has 2 fully saturated rings. The molecule has 0 saturated carbocycles. The number of rotatable bonds is 3. The Labute approximate surface area is 112 Å². The van der Waals surface area contributed by atoms with Crippen LogP contribution in [0.4, 0.5) is 0 Å². The van der Waals surface area contributed by atoms with Gasteiger partial charge in [-0.25, -0.2) is 0 Å². The van der Waals surface area contributed by atoms with Gasteiger partial charge < -0.3 is 19.3 Å². The minimum absolute atomic E-state index is 0.183. The molecule has 3 heterocycles. The molecule has 0 radical (unpaired) electrons. The summed E-state index contributed by atoms with van der Waals surface area (Å²) in [4.78, 5) is 6.74. The van der Waals surface area contributed by atoms with E-state index in [2.05, 4.69) is 20.4 Å². The number of nitrogens with zero attached hydrogens (tertiary/aromatic N) is 3. The fourth-order valence-corrected chi connectivity index (χ4v) is 2.35. The molecule has 0 spiro atoms. The van der Waals surface area contributed by atoms with E-state index < -0.39 is 0 Å². The van der Waals surface area contributed by atoms with Crippen molar-refractivity contribution in [3.8, 4) is 0 Å². The summed E-state index contributed by atoms with van der Waals surface area (Å²) in [6.45, 7) is 6.62. The zero-order valence-corrected chi connectivity index (χ0v) is 11.0. The van der Waals surface area contributed by atoms with Crippen LogP contribution in [-0.4, -0.2) is 61.0 Å². The molecule has 7 heteroatoms. The van der Waals surface area contributed by atoms with E-state index in [0.29, 0.717) is 38.1 Å². The molecule has 0 bridgehead atoms. The predicted octanol–water partition coefficient (Wildman–Crippen LogP) is -0.0472. The van der Waals surface area contributed by atoms with Crippen molar-refractivity contribution >= 4 is 0 Å². The molecule has 106 valence electrons. The molecule has 0 amide bonds. The van der Waals surface area contributed by atoms with Crippen molar-refractivity contribution in [2.75, 3.05) is 46.0 Å². The Morgan fingerprint density at radius 2 is 2.26 bits per heavy atom. The van der Waals surface area contributed by atoms with Gasteiger partial charge in [-0.3, -0.25) is 4.90 Å². The van der Waals surface area contributed by atoms with Gasteiger partial charge in [0.25, 0.3) is 0 Å². The second kappa shape index (κ2) is 6.42. The van der Waals surface area contributed by atoms with Crippen LogP contribution >= 0.6 is 0 Å². The summed E-state index contributed by atoms with van der Waals surface area (Å²) in [5, 5.41) is 7.37. The Kier molecular flexibility index (Phi) is 4.39. The third kappa shape index (κ3) is 3.50. The highest BCUT2D eigenvalue weighted by Crippen LogP contribution is 2.18. The molecule has 2 saturated heterocycles. The average molecular weight is 268 g/mol. The van der Waals surface area contributed by atoms with Gasteiger partial charge in [0.2, 0.25) is 11.7 Å². The molecule has 0 aliphatic carbocycles. The molecule has 1 aromatic heterocycles. The highest BCUT2D eigenvalue weighted by molar-refractivity contribution is 4.92. The largest absolute Gasteiger partial charge is 0.376 e. The van der Waals surface area contributed by atoms with Crippen LogP contribution in [0.25, 0.3) is 0 Å². The van der Waals surface area contributed by atoms with E-state index in [1.807, 2.05) is 0 Å². The number of ether oxygens (including phenoxy) is 2. The van der Waals surface area contributed by atoms with Gasteiger partial charge in [-0.2, -0.15) is 4.98 Å². The zero-order chi connectivity index (χ0) is 12.9. The van der Waals surface area contributed by atoms with Gasteiger partial charge in [-0.1, -0.05) is 5.16 Å². The van der Waals surface area contributed by atoms with Crippen LogP contribution in [0.15, 0.2) is 4.52 Å². The molecule has 1 atom stereocenters. The first-order valence-electron chi connectivity index (χ1n) is 6.87. The minimum atomic E-state index is -0.183. The Hall–Kier alpha value is -1.02. The number of aromatic nitrogens is 2. The molecule has 7 nitrogen and oxygen atoms in total. The minimum Gasteiger partial charge on any atom is -0.376 e. The third-order valence-corrected chi connectivity index (χ3v) is 3.38. The summed E-state index contributed by atoms with van der Waals surface area (Å²) in [5.41, 5.74) is 0. The Balaban J connectivity index is 1.57. The molecular formula is C12H20N4O3. The normalized spacial score (nSPS) is 26.2. The molecule has 19 heavy (non-hydrogen) atoms. The Morgan fingerprint density at radius 1 is 1.26 bits per heavy atom. The van der Waals surface area contributed by atoms with E-state index in [9.17, 15) is 0 Å². The molecule has 1 aromatic rings. The highest BCUT2D eigenvalue weighted by Gasteiger charge is 2.23. The third-order valence-electron chi connectivity index (χ3n) is 3.38. The Morgan fingerprint density at radius 3 is 3.16 bits per heavy atom. The summed E-state index contributed by atoms with van der Waals surface area (Å²) < 4.78 is 16.2. The van der Waals surface area contributed by atoms with E-state index in [1.54, 1.807) is 0 Å². The fraction of sp³-hybridized carbons (Fsp3) is 0.833. The van der Waals surface area contributed by atoms with Crippen molar-refractivity contribution < 1.29 is 14.0 Å². The van der Waals surface area contributed by atoms with Crippen molar-refractivity contribution in [2.24, 2.45) is 0 Å². The summed E-state index contributed by atoms with van der Waals surface area (Å²) in [5.74, 6) is 1.26. The highest BCUT2D eigenvalue weighted by atomic mass is 16.6. The molecule has 3 rings (SSSR count). The molecule has 1 N–H and O–H groups in total. The molecule has 0 aromatic carbocycles. The van der Waals surface area contributed by atoms with Gasteiger partial charge in [-0.05, 0) is 19.5 Å². The van der Waals surface area contributed by atoms with E-state index in [1.165, 1.54) is 0 Å². The first kappa shape index (κ1) is 13.0. The monoisotopic (exact) mass is 268 g/mol. The maximum atomic E-state index is 5.55. The topological polar surface area (TPSA) is 72.7 Å². The molecule has 2 aliphatic heterocycles. The number of hydrogen-bond donors (Lipinski definition) is 1. The van der Waals surface area contributed by atoms with E-state index >= 15 is 0 Å². The van der Waals surface area contributed by atoms with E-state index in [4.69, 9.17) is 14.0 Å². The van der Waals surface area contributed by atoms with Crippen LogP contribution in [0.3, 0.4) is 0 Å². The van der Waals surface area contributed by atoms with Crippen molar-refractivity contribution in [1.29, 1.82) is 0 Å². The summed E-state index contributed by atoms with van der Waals surface area (Å²) in [7, 11) is 0. The quantitative estimate of drug-likeness (QED) is 0.824. The molecule has 2 aliphatic rings. The first-order chi connectivity index (χ1) is 9.42. The predicted molar refractivity (Wildman–Crippen MR) is 66.6 cm³/mol. The average Bonchev–Trinajstić information content (AvgIpc) is 2.76. The summed E-state index contributed by atoms with van der Waals surface area (Å²) in [6.07, 6.45) is 0.970. The van der Waals surface area contributed by atoms with E-state index in [0.717, 1.165) is 32.6 Å². The summed E-state index contributed by atoms with van der Waals surface area (Å²) >= 11 is 0. The second-order valence-corrected chi connectivity index (χ2v) is 4.86. The first-order valence-corrected chi connectivity index (χ1v) is 6.87. The van der Waals surface area contributed by atoms with Gasteiger partial charge >= 0.3 is 0 Å². The van der Waals surface area contributed by atoms with Crippen LogP contribution in [-0.2, 0) is 16.0 Å². The lowest BCUT2D eigenvalue weighted by molar-refractivity contribution is -0.0941. The smallest absolute Gasteiger partial charge is 0.240 e. The van der Waals surface area contributed by atoms with Gasteiger partial charge in [-0.15, -0.1) is 0 Å². The van der Waals surface area contributed by atoms with E-state index in [-0.39, 0.29) is 6.10 Å². The van der Waals surface area contributed by atoms with Crippen LogP contribution in [0.2, 0.25) is 0 Å². The van der Waals surface area contributed by atoms with Crippen LogP contribution in [0.5, 0.6) is 0 Å². The second-order valence-electron chi connectivity index (χ2n) is 4.86. The standard InChI is InChI=1S/C12H20N4O3/c1-2-13-3-5-16(4-1)8-11-14-12(15-19-11)10-9-17-6-7-18-10/h10,13H,1-9H2.